The molecule has 0 aromatic carbocycles. The van der Waals surface area contributed by atoms with Gasteiger partial charge in [-0.05, 0) is 0 Å². The van der Waals surface area contributed by atoms with E-state index in [1.54, 1.807) is 7.24 Å². The van der Waals surface area contributed by atoms with Crippen molar-refractivity contribution in [3.8, 4) is 0 Å². The first kappa shape index (κ1) is 29.2. The van der Waals surface area contributed by atoms with E-state index >= 15 is 0 Å². The van der Waals surface area contributed by atoms with Crippen molar-refractivity contribution in [1.29, 1.82) is 0 Å². The van der Waals surface area contributed by atoms with E-state index in [1.807, 2.05) is 0 Å². The molecule has 0 fully saturated rings. The first-order valence-corrected chi connectivity index (χ1v) is 13.7. The van der Waals surface area contributed by atoms with Gasteiger partial charge in [0.2, 0.25) is 0 Å². The fraction of sp³-hybridized carbons (Fsp3) is 0.552. The minimum atomic E-state index is -0.283. The molecule has 0 aliphatic carbocycles. The molecule has 0 bridgehead atoms. The number of rotatable bonds is 2. The maximum absolute atomic E-state index is 6.28. The van der Waals surface area contributed by atoms with Gasteiger partial charge in [-0.3, -0.25) is 0 Å². The summed E-state index contributed by atoms with van der Waals surface area (Å²) in [5.74, 6) is 2.06. The second kappa shape index (κ2) is 10.2. The van der Waals surface area contributed by atoms with Crippen LogP contribution in [0.4, 0.5) is 0 Å². The van der Waals surface area contributed by atoms with Crippen molar-refractivity contribution >= 4 is 27.0 Å². The molecule has 1 aromatic heterocycles. The Morgan fingerprint density at radius 1 is 0.656 bits per heavy atom. The smallest absolute Gasteiger partial charge is 1.00 e. The monoisotopic (exact) mass is 572 g/mol. The maximum atomic E-state index is 6.28. The minimum absolute atomic E-state index is 0. The Kier molecular flexibility index (Phi) is 9.32. The van der Waals surface area contributed by atoms with Crippen LogP contribution in [0.1, 0.15) is 100 Å². The molecule has 0 N–H and O–H groups in total. The van der Waals surface area contributed by atoms with Gasteiger partial charge in [-0.25, -0.2) is 0 Å². The van der Waals surface area contributed by atoms with Gasteiger partial charge < -0.3 is 12.4 Å². The van der Waals surface area contributed by atoms with Crippen molar-refractivity contribution in [2.24, 2.45) is 10.8 Å². The van der Waals surface area contributed by atoms with Crippen molar-refractivity contribution in [2.75, 3.05) is 0 Å². The Bertz CT molecular complexity index is 869. The van der Waals surface area contributed by atoms with E-state index < -0.39 is 0 Å². The number of halogens is 1. The fourth-order valence-corrected chi connectivity index (χ4v) is 6.52. The Hall–Kier alpha value is -0.810. The number of allylic oxidation sites excluding steroid dienone is 7. The molecule has 32 heavy (non-hydrogen) atoms. The van der Waals surface area contributed by atoms with Crippen LogP contribution in [0, 0.1) is 10.8 Å². The van der Waals surface area contributed by atoms with Gasteiger partial charge in [-0.1, -0.05) is 0 Å². The fourth-order valence-electron chi connectivity index (χ4n) is 2.98. The molecule has 0 saturated heterocycles. The van der Waals surface area contributed by atoms with Crippen LogP contribution in [0.2, 0.25) is 0 Å². The summed E-state index contributed by atoms with van der Waals surface area (Å²) in [6, 6.07) is 4.37. The molecular weight excluding hydrogens is 527 g/mol. The molecule has 0 amide bonds. The second-order valence-corrected chi connectivity index (χ2v) is 15.9. The van der Waals surface area contributed by atoms with Gasteiger partial charge in [-0.2, -0.15) is 0 Å². The zero-order chi connectivity index (χ0) is 23.8. The third-order valence-corrected chi connectivity index (χ3v) is 10.6. The molecule has 1 aromatic rings. The molecule has 1 nitrogen and oxygen atoms in total. The summed E-state index contributed by atoms with van der Waals surface area (Å²) in [6.45, 7) is 27.3. The summed E-state index contributed by atoms with van der Waals surface area (Å²) < 4.78 is 9.55. The van der Waals surface area contributed by atoms with Gasteiger partial charge in [0.15, 0.2) is 0 Å². The van der Waals surface area contributed by atoms with Gasteiger partial charge in [-0.15, -0.1) is 0 Å². The molecule has 2 heterocycles. The molecule has 178 valence electrons. The van der Waals surface area contributed by atoms with Crippen LogP contribution in [0.25, 0.3) is 6.08 Å². The average Bonchev–Trinajstić information content (AvgIpc) is 2.58. The van der Waals surface area contributed by atoms with Gasteiger partial charge >= 0.3 is 202 Å². The number of hydrogen-bond acceptors (Lipinski definition) is 0. The molecular formula is C29H43ClOTe. The van der Waals surface area contributed by atoms with Crippen molar-refractivity contribution in [1.82, 2.24) is 0 Å². The first-order valence-electron chi connectivity index (χ1n) is 11.4. The van der Waals surface area contributed by atoms with Crippen LogP contribution < -0.4 is 12.4 Å². The molecule has 3 heteroatoms. The van der Waals surface area contributed by atoms with Crippen LogP contribution >= 0.6 is 0 Å². The largest absolute Gasteiger partial charge is 1.00 e. The summed E-state index contributed by atoms with van der Waals surface area (Å²) in [5, 5.41) is 0. The summed E-state index contributed by atoms with van der Waals surface area (Å²) in [7, 11) is 0. The average molecular weight is 571 g/mol. The van der Waals surface area contributed by atoms with Crippen molar-refractivity contribution < 1.29 is 16.8 Å². The third kappa shape index (κ3) is 8.20. The van der Waals surface area contributed by atoms with E-state index in [1.165, 1.54) is 11.1 Å². The predicted octanol–water partition coefficient (Wildman–Crippen LogP) is 5.68. The van der Waals surface area contributed by atoms with Crippen molar-refractivity contribution in [2.45, 2.75) is 93.9 Å². The van der Waals surface area contributed by atoms with Gasteiger partial charge in [0.1, 0.15) is 0 Å². The summed E-state index contributed by atoms with van der Waals surface area (Å²) >= 11 is -0.283. The Morgan fingerprint density at radius 3 is 1.41 bits per heavy atom. The van der Waals surface area contributed by atoms with E-state index in [0.29, 0.717) is 0 Å². The van der Waals surface area contributed by atoms with Crippen LogP contribution in [-0.2, 0) is 10.8 Å². The molecule has 1 aliphatic heterocycles. The Balaban J connectivity index is 0.00000512. The van der Waals surface area contributed by atoms with Crippen LogP contribution in [-0.4, -0.2) is 20.9 Å². The topological polar surface area (TPSA) is 11.3 Å². The molecule has 2 rings (SSSR count). The van der Waals surface area contributed by atoms with Crippen LogP contribution in [0.5, 0.6) is 0 Å². The van der Waals surface area contributed by atoms with Gasteiger partial charge in [0, 0.05) is 0 Å². The molecule has 0 unspecified atom stereocenters. The summed E-state index contributed by atoms with van der Waals surface area (Å²) in [6.07, 6.45) is 11.5. The zero-order valence-corrected chi connectivity index (χ0v) is 25.3. The quantitative estimate of drug-likeness (QED) is 0.329. The van der Waals surface area contributed by atoms with Crippen molar-refractivity contribution in [3.05, 3.63) is 66.3 Å². The standard InChI is InChI=1S/C29H43OTe.ClH/c1-26(2,3)22-16-20(17-23(30-22)27(4,5)6)14-13-15-21-18-24(28(7,8)9)31-25(19-21)29(10,11)12;/h13-19H,1-12H3;1H/q+1;/p-1. The van der Waals surface area contributed by atoms with E-state index in [-0.39, 0.29) is 55.0 Å². The summed E-state index contributed by atoms with van der Waals surface area (Å²) in [5.41, 5.74) is 2.94. The van der Waals surface area contributed by atoms with Gasteiger partial charge in [0.05, 0.1) is 0 Å². The Morgan fingerprint density at radius 2 is 1.06 bits per heavy atom. The molecule has 0 atom stereocenters. The maximum Gasteiger partial charge on any atom is -1.00 e. The number of hydrogen-bond donors (Lipinski definition) is 0. The van der Waals surface area contributed by atoms with Gasteiger partial charge in [0.25, 0.3) is 0 Å². The first-order chi connectivity index (χ1) is 13.9. The van der Waals surface area contributed by atoms with Crippen molar-refractivity contribution in [3.63, 3.8) is 0 Å². The SMILES string of the molecule is CC(C)(C)C1=CC(=CC=Cc2cc(C(C)(C)C)[o+]c(C(C)(C)C)c2)C=C(C(C)(C)C)[Te]1.[Cl-]. The predicted molar refractivity (Wildman–Crippen MR) is 138 cm³/mol. The van der Waals surface area contributed by atoms with Crippen LogP contribution in [0.15, 0.2) is 53.7 Å². The normalized spacial score (nSPS) is 15.9. The second-order valence-electron chi connectivity index (χ2n) is 12.8. The third-order valence-electron chi connectivity index (χ3n) is 5.17. The van der Waals surface area contributed by atoms with E-state index in [4.69, 9.17) is 4.42 Å². The molecule has 0 spiro atoms. The molecule has 0 saturated carbocycles. The van der Waals surface area contributed by atoms with E-state index in [2.05, 4.69) is 126 Å². The van der Waals surface area contributed by atoms with Crippen LogP contribution in [0.3, 0.4) is 0 Å². The minimum Gasteiger partial charge on any atom is -1.00 e. The molecule has 1 aliphatic rings. The Labute approximate surface area is 214 Å². The zero-order valence-electron chi connectivity index (χ0n) is 22.2. The molecule has 0 radical (unpaired) electrons. The summed E-state index contributed by atoms with van der Waals surface area (Å²) in [4.78, 5) is 0. The van der Waals surface area contributed by atoms with E-state index in [0.717, 1.165) is 11.5 Å². The van der Waals surface area contributed by atoms with E-state index in [9.17, 15) is 0 Å².